The number of aromatic nitrogens is 1. The Morgan fingerprint density at radius 3 is 2.60 bits per heavy atom. The molecule has 0 aliphatic rings. The zero-order valence-corrected chi connectivity index (χ0v) is 11.7. The Kier molecular flexibility index (Phi) is 5.35. The smallest absolute Gasteiger partial charge is 0.368 e. The number of halogens is 3. The molecule has 1 aromatic rings. The van der Waals surface area contributed by atoms with Crippen LogP contribution in [0.15, 0.2) is 18.2 Å². The van der Waals surface area contributed by atoms with Gasteiger partial charge in [0, 0.05) is 19.6 Å². The molecule has 0 spiro atoms. The molecule has 1 N–H and O–H groups in total. The van der Waals surface area contributed by atoms with Crippen molar-refractivity contribution in [3.05, 3.63) is 23.9 Å². The van der Waals surface area contributed by atoms with Crippen molar-refractivity contribution in [2.24, 2.45) is 0 Å². The molecule has 0 radical (unpaired) electrons. The van der Waals surface area contributed by atoms with Crippen LogP contribution in [0.3, 0.4) is 0 Å². The van der Waals surface area contributed by atoms with E-state index in [4.69, 9.17) is 0 Å². The van der Waals surface area contributed by atoms with E-state index in [-0.39, 0.29) is 18.3 Å². The second-order valence-electron chi connectivity index (χ2n) is 4.80. The summed E-state index contributed by atoms with van der Waals surface area (Å²) in [6.45, 7) is 3.46. The molecule has 0 unspecified atom stereocenters. The molecule has 0 aliphatic heterocycles. The molecule has 0 atom stereocenters. The van der Waals surface area contributed by atoms with Crippen LogP contribution in [0, 0.1) is 0 Å². The molecule has 0 aromatic carbocycles. The lowest BCUT2D eigenvalue weighted by molar-refractivity contribution is -0.136. The first-order valence-electron chi connectivity index (χ1n) is 6.25. The fourth-order valence-electron chi connectivity index (χ4n) is 1.52. The summed E-state index contributed by atoms with van der Waals surface area (Å²) in [6, 6.07) is 4.98. The van der Waals surface area contributed by atoms with Crippen LogP contribution >= 0.6 is 0 Å². The van der Waals surface area contributed by atoms with Crippen LogP contribution in [-0.2, 0) is 0 Å². The molecule has 0 bridgehead atoms. The molecule has 1 heterocycles. The van der Waals surface area contributed by atoms with Gasteiger partial charge in [0.15, 0.2) is 0 Å². The van der Waals surface area contributed by atoms with Gasteiger partial charge in [-0.05, 0) is 26.0 Å². The number of hydrogen-bond acceptors (Lipinski definition) is 3. The third-order valence-electron chi connectivity index (χ3n) is 2.48. The minimum absolute atomic E-state index is 0.125. The fraction of sp³-hybridized carbons (Fsp3) is 0.538. The van der Waals surface area contributed by atoms with Gasteiger partial charge < -0.3 is 10.2 Å². The molecule has 1 rings (SSSR count). The quantitative estimate of drug-likeness (QED) is 0.906. The predicted molar refractivity (Wildman–Crippen MR) is 70.6 cm³/mol. The normalized spacial score (nSPS) is 11.6. The Hall–Kier alpha value is -1.79. The van der Waals surface area contributed by atoms with Crippen LogP contribution in [0.25, 0.3) is 0 Å². The number of pyridine rings is 1. The van der Waals surface area contributed by atoms with Crippen molar-refractivity contribution >= 4 is 11.7 Å². The number of alkyl halides is 3. The molecular formula is C13H18F3N3O. The summed E-state index contributed by atoms with van der Waals surface area (Å²) in [5.41, 5.74) is 0.125. The number of anilines is 1. The Morgan fingerprint density at radius 1 is 1.40 bits per heavy atom. The molecule has 0 fully saturated rings. The molecule has 1 aromatic heterocycles. The van der Waals surface area contributed by atoms with E-state index in [0.717, 1.165) is 4.90 Å². The average Bonchev–Trinajstić information content (AvgIpc) is 2.33. The number of nitrogens with one attached hydrogen (secondary N) is 1. The summed E-state index contributed by atoms with van der Waals surface area (Å²) in [4.78, 5) is 17.1. The van der Waals surface area contributed by atoms with Crippen LogP contribution in [0.5, 0.6) is 0 Å². The second-order valence-corrected chi connectivity index (χ2v) is 4.80. The molecule has 0 saturated carbocycles. The zero-order valence-electron chi connectivity index (χ0n) is 11.7. The highest BCUT2D eigenvalue weighted by Crippen LogP contribution is 2.19. The van der Waals surface area contributed by atoms with E-state index in [9.17, 15) is 18.0 Å². The van der Waals surface area contributed by atoms with E-state index in [1.165, 1.54) is 13.1 Å². The number of nitrogens with zero attached hydrogens (tertiary/aromatic N) is 2. The van der Waals surface area contributed by atoms with Crippen LogP contribution in [0.4, 0.5) is 19.0 Å². The number of carbonyl (C=O) groups excluding carboxylic acids is 1. The highest BCUT2D eigenvalue weighted by Gasteiger charge is 2.28. The van der Waals surface area contributed by atoms with Gasteiger partial charge in [-0.15, -0.1) is 0 Å². The summed E-state index contributed by atoms with van der Waals surface area (Å²) in [7, 11) is 1.33. The number of rotatable bonds is 5. The van der Waals surface area contributed by atoms with Gasteiger partial charge in [0.25, 0.3) is 5.91 Å². The molecule has 0 saturated heterocycles. The lowest BCUT2D eigenvalue weighted by atomic mass is 10.3. The minimum Gasteiger partial charge on any atom is -0.368 e. The summed E-state index contributed by atoms with van der Waals surface area (Å²) in [5.74, 6) is -0.00303. The van der Waals surface area contributed by atoms with E-state index < -0.39 is 18.5 Å². The highest BCUT2D eigenvalue weighted by molar-refractivity contribution is 5.92. The first-order valence-corrected chi connectivity index (χ1v) is 6.25. The minimum atomic E-state index is -4.27. The number of hydrogen-bond donors (Lipinski definition) is 1. The summed E-state index contributed by atoms with van der Waals surface area (Å²) >= 11 is 0. The van der Waals surface area contributed by atoms with E-state index >= 15 is 0 Å². The van der Waals surface area contributed by atoms with Gasteiger partial charge in [0.05, 0.1) is 6.42 Å². The molecule has 0 aliphatic carbocycles. The maximum atomic E-state index is 12.1. The first-order chi connectivity index (χ1) is 9.19. The Bertz CT molecular complexity index is 460. The van der Waals surface area contributed by atoms with Crippen LogP contribution < -0.4 is 5.32 Å². The molecule has 112 valence electrons. The van der Waals surface area contributed by atoms with Gasteiger partial charge in [-0.3, -0.25) is 4.79 Å². The van der Waals surface area contributed by atoms with E-state index in [0.29, 0.717) is 5.82 Å². The summed E-state index contributed by atoms with van der Waals surface area (Å²) in [5, 5.41) is 3.03. The Labute approximate surface area is 116 Å². The lowest BCUT2D eigenvalue weighted by Gasteiger charge is -2.18. The van der Waals surface area contributed by atoms with Crippen molar-refractivity contribution in [1.29, 1.82) is 0 Å². The monoisotopic (exact) mass is 289 g/mol. The van der Waals surface area contributed by atoms with Crippen molar-refractivity contribution in [2.75, 3.05) is 18.9 Å². The second kappa shape index (κ2) is 6.58. The number of carbonyl (C=O) groups is 1. The molecular weight excluding hydrogens is 271 g/mol. The topological polar surface area (TPSA) is 45.2 Å². The molecule has 7 heteroatoms. The summed E-state index contributed by atoms with van der Waals surface area (Å²) < 4.78 is 36.4. The van der Waals surface area contributed by atoms with Crippen molar-refractivity contribution in [2.45, 2.75) is 32.5 Å². The van der Waals surface area contributed by atoms with Crippen molar-refractivity contribution in [3.8, 4) is 0 Å². The average molecular weight is 289 g/mol. The lowest BCUT2D eigenvalue weighted by Crippen LogP contribution is -2.31. The predicted octanol–water partition coefficient (Wildman–Crippen LogP) is 2.93. The molecule has 20 heavy (non-hydrogen) atoms. The number of amides is 1. The molecule has 1 amide bonds. The van der Waals surface area contributed by atoms with Crippen LogP contribution in [-0.4, -0.2) is 41.6 Å². The van der Waals surface area contributed by atoms with E-state index in [1.807, 2.05) is 13.8 Å². The summed E-state index contributed by atoms with van der Waals surface area (Å²) in [6.07, 6.45) is -5.30. The van der Waals surface area contributed by atoms with Crippen molar-refractivity contribution < 1.29 is 18.0 Å². The van der Waals surface area contributed by atoms with Gasteiger partial charge in [-0.2, -0.15) is 13.2 Å². The molecule has 4 nitrogen and oxygen atoms in total. The maximum Gasteiger partial charge on any atom is 0.390 e. The maximum absolute atomic E-state index is 12.1. The Morgan fingerprint density at radius 2 is 2.05 bits per heavy atom. The van der Waals surface area contributed by atoms with E-state index in [2.05, 4.69) is 10.3 Å². The van der Waals surface area contributed by atoms with Gasteiger partial charge in [0.1, 0.15) is 11.5 Å². The SMILES string of the molecule is CC(C)Nc1cccc(C(=O)N(C)CCC(F)(F)F)n1. The van der Waals surface area contributed by atoms with Crippen LogP contribution in [0.2, 0.25) is 0 Å². The van der Waals surface area contributed by atoms with Gasteiger partial charge >= 0.3 is 6.18 Å². The highest BCUT2D eigenvalue weighted by atomic mass is 19.4. The van der Waals surface area contributed by atoms with Gasteiger partial charge in [-0.25, -0.2) is 4.98 Å². The first kappa shape index (κ1) is 16.3. The standard InChI is InChI=1S/C13H18F3N3O/c1-9(2)17-11-6-4-5-10(18-11)12(20)19(3)8-7-13(14,15)16/h4-6,9H,7-8H2,1-3H3,(H,17,18). The van der Waals surface area contributed by atoms with Crippen molar-refractivity contribution in [3.63, 3.8) is 0 Å². The zero-order chi connectivity index (χ0) is 15.3. The fourth-order valence-corrected chi connectivity index (χ4v) is 1.52. The van der Waals surface area contributed by atoms with Crippen LogP contribution in [0.1, 0.15) is 30.8 Å². The van der Waals surface area contributed by atoms with Crippen molar-refractivity contribution in [1.82, 2.24) is 9.88 Å². The van der Waals surface area contributed by atoms with Gasteiger partial charge in [0.2, 0.25) is 0 Å². The largest absolute Gasteiger partial charge is 0.390 e. The van der Waals surface area contributed by atoms with Gasteiger partial charge in [-0.1, -0.05) is 6.07 Å². The third-order valence-corrected chi connectivity index (χ3v) is 2.48. The third kappa shape index (κ3) is 5.46. The van der Waals surface area contributed by atoms with E-state index in [1.54, 1.807) is 12.1 Å². The Balaban J connectivity index is 2.71.